The van der Waals surface area contributed by atoms with Crippen LogP contribution in [-0.4, -0.2) is 18.1 Å². The summed E-state index contributed by atoms with van der Waals surface area (Å²) in [5.74, 6) is 0.0668. The second kappa shape index (κ2) is 6.25. The van der Waals surface area contributed by atoms with Gasteiger partial charge in [0.25, 0.3) is 0 Å². The van der Waals surface area contributed by atoms with Gasteiger partial charge in [0.05, 0.1) is 0 Å². The van der Waals surface area contributed by atoms with E-state index in [0.29, 0.717) is 5.02 Å². The maximum atomic E-state index is 12.8. The first kappa shape index (κ1) is 15.5. The lowest BCUT2D eigenvalue weighted by Crippen LogP contribution is -2.62. The zero-order valence-electron chi connectivity index (χ0n) is 12.3. The van der Waals surface area contributed by atoms with Crippen molar-refractivity contribution in [1.29, 1.82) is 0 Å². The maximum absolute atomic E-state index is 12.8. The Balaban J connectivity index is 2.49. The van der Waals surface area contributed by atoms with Crippen LogP contribution in [0.1, 0.15) is 45.6 Å². The fraction of sp³-hybridized carbons (Fsp3) is 0.562. The first-order chi connectivity index (χ1) is 9.51. The lowest BCUT2D eigenvalue weighted by molar-refractivity contribution is -0.156. The molecule has 110 valence electrons. The summed E-state index contributed by atoms with van der Waals surface area (Å²) >= 11 is 6.35. The molecule has 2 rings (SSSR count). The topological polar surface area (TPSA) is 38.3 Å². The summed E-state index contributed by atoms with van der Waals surface area (Å²) in [6.45, 7) is 5.87. The number of Topliss-reactive ketones (excluding diaryl/α,β-unsaturated/α-hetero) is 1. The fourth-order valence-electron chi connectivity index (χ4n) is 2.96. The molecule has 0 saturated carbocycles. The number of ketones is 1. The Bertz CT molecular complexity index is 491. The molecule has 1 aliphatic heterocycles. The van der Waals surface area contributed by atoms with Gasteiger partial charge in [-0.3, -0.25) is 10.1 Å². The Morgan fingerprint density at radius 3 is 2.70 bits per heavy atom. The van der Waals surface area contributed by atoms with E-state index >= 15 is 0 Å². The predicted molar refractivity (Wildman–Crippen MR) is 80.8 cm³/mol. The van der Waals surface area contributed by atoms with Gasteiger partial charge >= 0.3 is 0 Å². The summed E-state index contributed by atoms with van der Waals surface area (Å²) in [4.78, 5) is 12.8. The molecule has 1 fully saturated rings. The first-order valence-corrected chi connectivity index (χ1v) is 7.61. The Kier molecular flexibility index (Phi) is 4.84. The molecule has 0 spiro atoms. The van der Waals surface area contributed by atoms with Crippen LogP contribution in [0.2, 0.25) is 5.02 Å². The van der Waals surface area contributed by atoms with E-state index in [-0.39, 0.29) is 12.0 Å². The molecule has 0 radical (unpaired) electrons. The number of hydrogen-bond acceptors (Lipinski definition) is 3. The second-order valence-electron chi connectivity index (χ2n) is 5.42. The van der Waals surface area contributed by atoms with Crippen molar-refractivity contribution in [2.45, 2.75) is 57.9 Å². The van der Waals surface area contributed by atoms with Crippen molar-refractivity contribution in [1.82, 2.24) is 5.32 Å². The monoisotopic (exact) mass is 295 g/mol. The average molecular weight is 296 g/mol. The van der Waals surface area contributed by atoms with Crippen molar-refractivity contribution in [2.75, 3.05) is 0 Å². The van der Waals surface area contributed by atoms with Crippen LogP contribution < -0.4 is 5.32 Å². The number of ether oxygens (including phenoxy) is 1. The molecule has 1 aliphatic rings. The number of halogens is 1. The third kappa shape index (κ3) is 2.76. The number of hydrogen-bond donors (Lipinski definition) is 1. The Morgan fingerprint density at radius 1 is 1.35 bits per heavy atom. The van der Waals surface area contributed by atoms with Gasteiger partial charge in [-0.25, -0.2) is 0 Å². The average Bonchev–Trinajstić information content (AvgIpc) is 2.42. The quantitative estimate of drug-likeness (QED) is 0.921. The van der Waals surface area contributed by atoms with Crippen molar-refractivity contribution in [3.63, 3.8) is 0 Å². The highest BCUT2D eigenvalue weighted by Gasteiger charge is 2.47. The van der Waals surface area contributed by atoms with Crippen molar-refractivity contribution in [3.05, 3.63) is 34.9 Å². The molecule has 0 aromatic heterocycles. The summed E-state index contributed by atoms with van der Waals surface area (Å²) in [6.07, 6.45) is 2.15. The fourth-order valence-corrected chi connectivity index (χ4v) is 3.25. The number of carbonyl (C=O) groups excluding carboxylic acids is 1. The Labute approximate surface area is 125 Å². The molecule has 1 aromatic carbocycles. The van der Waals surface area contributed by atoms with Crippen LogP contribution in [0.15, 0.2) is 24.3 Å². The number of rotatable bonds is 4. The number of nitrogens with one attached hydrogen (secondary N) is 1. The summed E-state index contributed by atoms with van der Waals surface area (Å²) in [6, 6.07) is 7.59. The zero-order chi connectivity index (χ0) is 14.8. The number of unbranched alkanes of at least 4 members (excludes halogenated alkanes) is 1. The molecule has 0 aliphatic carbocycles. The molecule has 3 unspecified atom stereocenters. The van der Waals surface area contributed by atoms with Crippen LogP contribution >= 0.6 is 11.6 Å². The molecule has 3 nitrogen and oxygen atoms in total. The van der Waals surface area contributed by atoms with E-state index in [1.165, 1.54) is 0 Å². The van der Waals surface area contributed by atoms with Gasteiger partial charge in [0.2, 0.25) is 0 Å². The molecular weight excluding hydrogens is 274 g/mol. The molecule has 1 aromatic rings. The third-order valence-electron chi connectivity index (χ3n) is 3.89. The van der Waals surface area contributed by atoms with Crippen molar-refractivity contribution in [2.24, 2.45) is 0 Å². The van der Waals surface area contributed by atoms with Gasteiger partial charge in [0.1, 0.15) is 17.9 Å². The largest absolute Gasteiger partial charge is 0.353 e. The summed E-state index contributed by atoms with van der Waals surface area (Å²) < 4.78 is 5.59. The Hall–Kier alpha value is -0.900. The van der Waals surface area contributed by atoms with Crippen LogP contribution in [0.3, 0.4) is 0 Å². The Morgan fingerprint density at radius 2 is 2.05 bits per heavy atom. The van der Waals surface area contributed by atoms with Gasteiger partial charge in [-0.1, -0.05) is 49.6 Å². The molecule has 0 amide bonds. The van der Waals surface area contributed by atoms with E-state index in [2.05, 4.69) is 12.2 Å². The lowest BCUT2D eigenvalue weighted by atomic mass is 9.78. The highest BCUT2D eigenvalue weighted by atomic mass is 35.5. The van der Waals surface area contributed by atoms with Gasteiger partial charge in [-0.05, 0) is 31.9 Å². The predicted octanol–water partition coefficient (Wildman–Crippen LogP) is 3.65. The highest BCUT2D eigenvalue weighted by molar-refractivity contribution is 6.31. The van der Waals surface area contributed by atoms with E-state index in [9.17, 15) is 4.79 Å². The van der Waals surface area contributed by atoms with E-state index in [1.54, 1.807) is 0 Å². The maximum Gasteiger partial charge on any atom is 0.185 e. The van der Waals surface area contributed by atoms with Crippen molar-refractivity contribution in [3.8, 4) is 0 Å². The molecule has 0 bridgehead atoms. The van der Waals surface area contributed by atoms with E-state index in [0.717, 1.165) is 24.8 Å². The van der Waals surface area contributed by atoms with Gasteiger partial charge in [-0.15, -0.1) is 0 Å². The first-order valence-electron chi connectivity index (χ1n) is 7.23. The second-order valence-corrected chi connectivity index (χ2v) is 5.83. The van der Waals surface area contributed by atoms with E-state index in [4.69, 9.17) is 16.3 Å². The highest BCUT2D eigenvalue weighted by Crippen LogP contribution is 2.37. The van der Waals surface area contributed by atoms with Gasteiger partial charge < -0.3 is 4.74 Å². The molecule has 1 N–H and O–H groups in total. The summed E-state index contributed by atoms with van der Waals surface area (Å²) in [5.41, 5.74) is 0.132. The minimum absolute atomic E-state index is 0.0668. The molecule has 4 heteroatoms. The lowest BCUT2D eigenvalue weighted by Gasteiger charge is -2.43. The zero-order valence-corrected chi connectivity index (χ0v) is 13.0. The van der Waals surface area contributed by atoms with Crippen LogP contribution in [0, 0.1) is 0 Å². The normalized spacial score (nSPS) is 30.5. The third-order valence-corrected chi connectivity index (χ3v) is 4.22. The number of benzene rings is 1. The van der Waals surface area contributed by atoms with Crippen LogP contribution in [0.25, 0.3) is 0 Å². The van der Waals surface area contributed by atoms with Crippen LogP contribution in [0.5, 0.6) is 0 Å². The minimum Gasteiger partial charge on any atom is -0.353 e. The van der Waals surface area contributed by atoms with Crippen molar-refractivity contribution >= 4 is 17.4 Å². The standard InChI is InChI=1S/C16H22ClNO2/c1-4-5-10-16(13-8-6-7-9-14(13)17)15(19)11(2)20-12(3)18-16/h6-9,11-12,18H,4-5,10H2,1-3H3. The van der Waals surface area contributed by atoms with Gasteiger partial charge in [-0.2, -0.15) is 0 Å². The summed E-state index contributed by atoms with van der Waals surface area (Å²) in [7, 11) is 0. The van der Waals surface area contributed by atoms with Gasteiger partial charge in [0, 0.05) is 5.02 Å². The smallest absolute Gasteiger partial charge is 0.185 e. The van der Waals surface area contributed by atoms with Crippen LogP contribution in [-0.2, 0) is 15.1 Å². The molecule has 1 heterocycles. The molecule has 20 heavy (non-hydrogen) atoms. The minimum atomic E-state index is -0.731. The van der Waals surface area contributed by atoms with Crippen LogP contribution in [0.4, 0.5) is 0 Å². The molecular formula is C16H22ClNO2. The SMILES string of the molecule is CCCCC1(c2ccccc2Cl)NC(C)OC(C)C1=O. The van der Waals surface area contributed by atoms with E-state index in [1.807, 2.05) is 38.1 Å². The molecule has 3 atom stereocenters. The van der Waals surface area contributed by atoms with Crippen molar-refractivity contribution < 1.29 is 9.53 Å². The number of carbonyl (C=O) groups is 1. The summed E-state index contributed by atoms with van der Waals surface area (Å²) in [5, 5.41) is 3.98. The van der Waals surface area contributed by atoms with E-state index < -0.39 is 11.6 Å². The van der Waals surface area contributed by atoms with Gasteiger partial charge in [0.15, 0.2) is 5.78 Å². The molecule has 1 saturated heterocycles.